The monoisotopic (exact) mass is 396 g/mol. The molecule has 156 valence electrons. The summed E-state index contributed by atoms with van der Waals surface area (Å²) in [7, 11) is 0. The summed E-state index contributed by atoms with van der Waals surface area (Å²) in [4.78, 5) is 15.1. The first kappa shape index (κ1) is 20.1. The molecule has 1 amide bonds. The lowest BCUT2D eigenvalue weighted by molar-refractivity contribution is -0.139. The number of nitrogens with zero attached hydrogens (tertiary/aromatic N) is 4. The van der Waals surface area contributed by atoms with Crippen molar-refractivity contribution in [2.45, 2.75) is 82.9 Å². The zero-order valence-corrected chi connectivity index (χ0v) is 17.5. The highest BCUT2D eigenvalue weighted by Gasteiger charge is 2.39. The predicted molar refractivity (Wildman–Crippen MR) is 111 cm³/mol. The van der Waals surface area contributed by atoms with Crippen LogP contribution in [0.1, 0.15) is 86.7 Å². The Hall–Kier alpha value is -2.21. The van der Waals surface area contributed by atoms with Crippen LogP contribution in [-0.2, 0) is 4.79 Å². The Kier molecular flexibility index (Phi) is 5.99. The van der Waals surface area contributed by atoms with Gasteiger partial charge < -0.3 is 10.0 Å². The predicted octanol–water partition coefficient (Wildman–Crippen LogP) is 3.92. The number of aryl methyl sites for hydroxylation is 1. The molecular weight excluding hydrogens is 364 g/mol. The van der Waals surface area contributed by atoms with E-state index in [1.165, 1.54) is 18.4 Å². The van der Waals surface area contributed by atoms with Crippen LogP contribution in [-0.4, -0.2) is 43.6 Å². The normalized spacial score (nSPS) is 24.7. The highest BCUT2D eigenvalue weighted by molar-refractivity contribution is 5.77. The third-order valence-corrected chi connectivity index (χ3v) is 6.31. The lowest BCUT2D eigenvalue weighted by atomic mass is 9.89. The molecule has 1 N–H and O–H groups in total. The molecule has 0 unspecified atom stereocenters. The standard InChI is InChI=1S/C23H32N4O2/c1-3-4-5-6-23(29)26-15-21(27-14-19(24-25-27)17-11-12-17)22(28)13-20(26)18-9-7-16(2)8-10-18/h7-10,14,17,20-22,28H,3-6,11-13,15H2,1-2H3/t20-,21-,22-/m0/s1. The molecule has 3 atom stereocenters. The highest BCUT2D eigenvalue weighted by atomic mass is 16.3. The van der Waals surface area contributed by atoms with Crippen molar-refractivity contribution in [2.75, 3.05) is 6.54 Å². The van der Waals surface area contributed by atoms with E-state index in [4.69, 9.17) is 0 Å². The van der Waals surface area contributed by atoms with Crippen LogP contribution in [0, 0.1) is 6.92 Å². The zero-order chi connectivity index (χ0) is 20.4. The number of amides is 1. The maximum Gasteiger partial charge on any atom is 0.223 e. The van der Waals surface area contributed by atoms with Gasteiger partial charge in [0.15, 0.2) is 0 Å². The first-order valence-corrected chi connectivity index (χ1v) is 11.0. The fourth-order valence-electron chi connectivity index (χ4n) is 4.29. The van der Waals surface area contributed by atoms with Crippen LogP contribution in [0.25, 0.3) is 0 Å². The van der Waals surface area contributed by atoms with Gasteiger partial charge in [0.25, 0.3) is 0 Å². The van der Waals surface area contributed by atoms with Gasteiger partial charge in [-0.3, -0.25) is 4.79 Å². The summed E-state index contributed by atoms with van der Waals surface area (Å²) < 4.78 is 1.79. The largest absolute Gasteiger partial charge is 0.391 e. The molecule has 0 spiro atoms. The van der Waals surface area contributed by atoms with Crippen LogP contribution in [0.15, 0.2) is 30.5 Å². The lowest BCUT2D eigenvalue weighted by Gasteiger charge is -2.42. The molecule has 1 saturated heterocycles. The van der Waals surface area contributed by atoms with Gasteiger partial charge in [-0.25, -0.2) is 4.68 Å². The number of benzene rings is 1. The Morgan fingerprint density at radius 2 is 1.97 bits per heavy atom. The summed E-state index contributed by atoms with van der Waals surface area (Å²) in [5, 5.41) is 19.6. The number of rotatable bonds is 7. The van der Waals surface area contributed by atoms with E-state index < -0.39 is 6.10 Å². The number of aromatic nitrogens is 3. The van der Waals surface area contributed by atoms with Crippen LogP contribution >= 0.6 is 0 Å². The molecule has 6 heteroatoms. The Morgan fingerprint density at radius 3 is 2.66 bits per heavy atom. The molecule has 0 radical (unpaired) electrons. The molecule has 2 aliphatic rings. The van der Waals surface area contributed by atoms with E-state index in [0.717, 1.165) is 30.5 Å². The van der Waals surface area contributed by atoms with Crippen molar-refractivity contribution in [3.8, 4) is 0 Å². The van der Waals surface area contributed by atoms with E-state index in [-0.39, 0.29) is 18.0 Å². The molecule has 2 heterocycles. The maximum absolute atomic E-state index is 13.1. The molecule has 2 aromatic rings. The first-order chi connectivity index (χ1) is 14.1. The van der Waals surface area contributed by atoms with Gasteiger partial charge in [-0.2, -0.15) is 0 Å². The van der Waals surface area contributed by atoms with Crippen molar-refractivity contribution in [3.05, 3.63) is 47.3 Å². The summed E-state index contributed by atoms with van der Waals surface area (Å²) in [6, 6.07) is 7.98. The van der Waals surface area contributed by atoms with Gasteiger partial charge in [-0.1, -0.05) is 54.8 Å². The maximum atomic E-state index is 13.1. The molecule has 1 aliphatic heterocycles. The molecule has 29 heavy (non-hydrogen) atoms. The number of likely N-dealkylation sites (tertiary alicyclic amines) is 1. The van der Waals surface area contributed by atoms with Crippen LogP contribution in [0.3, 0.4) is 0 Å². The number of carbonyl (C=O) groups is 1. The molecule has 1 aliphatic carbocycles. The van der Waals surface area contributed by atoms with Crippen molar-refractivity contribution in [1.82, 2.24) is 19.9 Å². The summed E-state index contributed by atoms with van der Waals surface area (Å²) in [6.07, 6.45) is 7.90. The summed E-state index contributed by atoms with van der Waals surface area (Å²) in [5.74, 6) is 0.694. The number of aliphatic hydroxyl groups is 1. The van der Waals surface area contributed by atoms with E-state index in [2.05, 4.69) is 48.4 Å². The van der Waals surface area contributed by atoms with Crippen LogP contribution in [0.2, 0.25) is 0 Å². The van der Waals surface area contributed by atoms with Crippen LogP contribution < -0.4 is 0 Å². The zero-order valence-electron chi connectivity index (χ0n) is 17.5. The minimum atomic E-state index is -0.560. The third-order valence-electron chi connectivity index (χ3n) is 6.31. The second-order valence-corrected chi connectivity index (χ2v) is 8.70. The van der Waals surface area contributed by atoms with Gasteiger partial charge in [0.1, 0.15) is 0 Å². The molecule has 1 aromatic heterocycles. The topological polar surface area (TPSA) is 71.2 Å². The molecule has 6 nitrogen and oxygen atoms in total. The Morgan fingerprint density at radius 1 is 1.21 bits per heavy atom. The van der Waals surface area contributed by atoms with Gasteiger partial charge in [0, 0.05) is 31.5 Å². The number of hydrogen-bond donors (Lipinski definition) is 1. The SMILES string of the molecule is CCCCCC(=O)N1C[C@H](n2cc(C3CC3)nn2)[C@@H](O)C[C@H]1c1ccc(C)cc1. The second-order valence-electron chi connectivity index (χ2n) is 8.70. The molecule has 1 aromatic carbocycles. The van der Waals surface area contributed by atoms with Crippen LogP contribution in [0.5, 0.6) is 0 Å². The van der Waals surface area contributed by atoms with Gasteiger partial charge in [0.05, 0.1) is 23.9 Å². The Balaban J connectivity index is 1.56. The number of carbonyl (C=O) groups excluding carboxylic acids is 1. The van der Waals surface area contributed by atoms with E-state index >= 15 is 0 Å². The number of aliphatic hydroxyl groups excluding tert-OH is 1. The minimum absolute atomic E-state index is 0.0950. The van der Waals surface area contributed by atoms with Crippen molar-refractivity contribution in [2.24, 2.45) is 0 Å². The average Bonchev–Trinajstić information content (AvgIpc) is 3.46. The molecular formula is C23H32N4O2. The van der Waals surface area contributed by atoms with E-state index in [9.17, 15) is 9.90 Å². The van der Waals surface area contributed by atoms with Crippen molar-refractivity contribution >= 4 is 5.91 Å². The highest BCUT2D eigenvalue weighted by Crippen LogP contribution is 2.40. The second kappa shape index (κ2) is 8.66. The van der Waals surface area contributed by atoms with Crippen molar-refractivity contribution in [1.29, 1.82) is 0 Å². The fourth-order valence-corrected chi connectivity index (χ4v) is 4.29. The molecule has 2 fully saturated rings. The van der Waals surface area contributed by atoms with Crippen LogP contribution in [0.4, 0.5) is 0 Å². The van der Waals surface area contributed by atoms with Gasteiger partial charge in [-0.05, 0) is 31.7 Å². The quantitative estimate of drug-likeness (QED) is 0.720. The molecule has 4 rings (SSSR count). The van der Waals surface area contributed by atoms with E-state index in [1.54, 1.807) is 4.68 Å². The van der Waals surface area contributed by atoms with Crippen molar-refractivity contribution in [3.63, 3.8) is 0 Å². The minimum Gasteiger partial charge on any atom is -0.391 e. The number of unbranched alkanes of at least 4 members (excludes halogenated alkanes) is 2. The average molecular weight is 397 g/mol. The van der Waals surface area contributed by atoms with Crippen molar-refractivity contribution < 1.29 is 9.90 Å². The van der Waals surface area contributed by atoms with Gasteiger partial charge >= 0.3 is 0 Å². The Bertz CT molecular complexity index is 828. The summed E-state index contributed by atoms with van der Waals surface area (Å²) >= 11 is 0. The lowest BCUT2D eigenvalue weighted by Crippen LogP contribution is -2.48. The number of hydrogen-bond acceptors (Lipinski definition) is 4. The van der Waals surface area contributed by atoms with E-state index in [1.807, 2.05) is 11.1 Å². The molecule has 1 saturated carbocycles. The van der Waals surface area contributed by atoms with Gasteiger partial charge in [-0.15, -0.1) is 5.10 Å². The first-order valence-electron chi connectivity index (χ1n) is 11.0. The van der Waals surface area contributed by atoms with Gasteiger partial charge in [0.2, 0.25) is 5.91 Å². The summed E-state index contributed by atoms with van der Waals surface area (Å²) in [6.45, 7) is 4.68. The fraction of sp³-hybridized carbons (Fsp3) is 0.609. The smallest absolute Gasteiger partial charge is 0.223 e. The van der Waals surface area contributed by atoms with E-state index in [0.29, 0.717) is 25.3 Å². The number of piperidine rings is 1. The third kappa shape index (κ3) is 4.53. The molecule has 0 bridgehead atoms. The Labute approximate surface area is 172 Å². The summed E-state index contributed by atoms with van der Waals surface area (Å²) in [5.41, 5.74) is 3.30.